The van der Waals surface area contributed by atoms with E-state index in [0.717, 1.165) is 43.6 Å². The van der Waals surface area contributed by atoms with Crippen molar-refractivity contribution in [2.75, 3.05) is 13.2 Å². The zero-order valence-electron chi connectivity index (χ0n) is 19.7. The van der Waals surface area contributed by atoms with Crippen LogP contribution in [0.5, 0.6) is 11.5 Å². The lowest BCUT2D eigenvalue weighted by molar-refractivity contribution is -0.150. The first-order chi connectivity index (χ1) is 16.0. The van der Waals surface area contributed by atoms with Crippen LogP contribution in [0.25, 0.3) is 0 Å². The number of carbonyl (C=O) groups is 2. The van der Waals surface area contributed by atoms with E-state index < -0.39 is 0 Å². The van der Waals surface area contributed by atoms with Crippen LogP contribution < -0.4 is 9.47 Å². The molecule has 0 aliphatic heterocycles. The molecule has 0 saturated carbocycles. The van der Waals surface area contributed by atoms with Gasteiger partial charge in [-0.2, -0.15) is 0 Å². The summed E-state index contributed by atoms with van der Waals surface area (Å²) in [5.41, 5.74) is 0. The van der Waals surface area contributed by atoms with E-state index in [0.29, 0.717) is 26.1 Å². The highest BCUT2D eigenvalue weighted by Gasteiger charge is 2.11. The second-order valence-electron chi connectivity index (χ2n) is 8.12. The molecule has 0 aliphatic carbocycles. The minimum Gasteiger partial charge on any atom is -0.490 e. The van der Waals surface area contributed by atoms with Gasteiger partial charge in [0.15, 0.2) is 0 Å². The fourth-order valence-electron chi connectivity index (χ4n) is 3.16. The van der Waals surface area contributed by atoms with Crippen LogP contribution in [0.15, 0.2) is 60.7 Å². The van der Waals surface area contributed by atoms with E-state index in [4.69, 9.17) is 18.9 Å². The van der Waals surface area contributed by atoms with Gasteiger partial charge in [0.25, 0.3) is 0 Å². The molecule has 0 bridgehead atoms. The number of hydrogen-bond donors (Lipinski definition) is 0. The summed E-state index contributed by atoms with van der Waals surface area (Å²) in [4.78, 5) is 23.9. The van der Waals surface area contributed by atoms with Crippen molar-refractivity contribution in [2.24, 2.45) is 0 Å². The van der Waals surface area contributed by atoms with Crippen molar-refractivity contribution in [3.8, 4) is 11.5 Å². The smallest absolute Gasteiger partial charge is 0.306 e. The molecule has 2 aromatic carbocycles. The summed E-state index contributed by atoms with van der Waals surface area (Å²) in [6, 6.07) is 18.9. The van der Waals surface area contributed by atoms with Crippen LogP contribution >= 0.6 is 0 Å². The lowest BCUT2D eigenvalue weighted by Crippen LogP contribution is -2.22. The minimum absolute atomic E-state index is 0.200. The molecule has 0 fully saturated rings. The molecule has 180 valence electrons. The van der Waals surface area contributed by atoms with Crippen LogP contribution in [-0.4, -0.2) is 37.4 Å². The molecule has 0 heterocycles. The number of benzene rings is 2. The zero-order chi connectivity index (χ0) is 23.7. The highest BCUT2D eigenvalue weighted by Crippen LogP contribution is 2.12. The van der Waals surface area contributed by atoms with E-state index in [1.807, 2.05) is 74.5 Å². The summed E-state index contributed by atoms with van der Waals surface area (Å²) in [5, 5.41) is 0. The number of rotatable bonds is 16. The molecule has 2 atom stereocenters. The zero-order valence-corrected chi connectivity index (χ0v) is 19.7. The SMILES string of the molecule is CC(COc1ccccc1)OC(=O)CCCCCCCC(=O)OC(C)COc1ccccc1. The van der Waals surface area contributed by atoms with Gasteiger partial charge in [-0.1, -0.05) is 55.7 Å². The maximum Gasteiger partial charge on any atom is 0.306 e. The van der Waals surface area contributed by atoms with Gasteiger partial charge in [-0.25, -0.2) is 0 Å². The predicted octanol–water partition coefficient (Wildman–Crippen LogP) is 5.74. The molecule has 6 nitrogen and oxygen atoms in total. The second kappa shape index (κ2) is 15.7. The fourth-order valence-corrected chi connectivity index (χ4v) is 3.16. The van der Waals surface area contributed by atoms with Crippen LogP contribution in [-0.2, 0) is 19.1 Å². The number of esters is 2. The third kappa shape index (κ3) is 12.6. The average Bonchev–Trinajstić information content (AvgIpc) is 2.82. The highest BCUT2D eigenvalue weighted by atomic mass is 16.6. The lowest BCUT2D eigenvalue weighted by atomic mass is 10.1. The molecule has 2 rings (SSSR count). The van der Waals surface area contributed by atoms with Crippen LogP contribution in [0, 0.1) is 0 Å². The van der Waals surface area contributed by atoms with Crippen LogP contribution in [0.1, 0.15) is 58.8 Å². The first kappa shape index (κ1) is 26.2. The molecule has 0 spiro atoms. The Balaban J connectivity index is 1.42. The molecule has 2 unspecified atom stereocenters. The number of hydrogen-bond acceptors (Lipinski definition) is 6. The molecule has 0 saturated heterocycles. The van der Waals surface area contributed by atoms with Gasteiger partial charge in [0.05, 0.1) is 0 Å². The monoisotopic (exact) mass is 456 g/mol. The predicted molar refractivity (Wildman–Crippen MR) is 127 cm³/mol. The summed E-state index contributed by atoms with van der Waals surface area (Å²) in [5.74, 6) is 1.13. The summed E-state index contributed by atoms with van der Waals surface area (Å²) >= 11 is 0. The molecule has 0 amide bonds. The number of unbranched alkanes of at least 4 members (excludes halogenated alkanes) is 4. The van der Waals surface area contributed by atoms with E-state index in [1.165, 1.54) is 0 Å². The first-order valence-electron chi connectivity index (χ1n) is 11.8. The molecular formula is C27H36O6. The molecule has 6 heteroatoms. The van der Waals surface area contributed by atoms with E-state index in [9.17, 15) is 9.59 Å². The van der Waals surface area contributed by atoms with Crippen molar-refractivity contribution in [2.45, 2.75) is 71.0 Å². The van der Waals surface area contributed by atoms with Gasteiger partial charge in [-0.15, -0.1) is 0 Å². The molecule has 33 heavy (non-hydrogen) atoms. The molecule has 0 N–H and O–H groups in total. The summed E-state index contributed by atoms with van der Waals surface area (Å²) in [6.07, 6.45) is 4.62. The Morgan fingerprint density at radius 1 is 0.606 bits per heavy atom. The topological polar surface area (TPSA) is 71.1 Å². The van der Waals surface area contributed by atoms with E-state index in [2.05, 4.69) is 0 Å². The Labute approximate surface area is 197 Å². The van der Waals surface area contributed by atoms with Crippen molar-refractivity contribution in [1.29, 1.82) is 0 Å². The van der Waals surface area contributed by atoms with E-state index in [-0.39, 0.29) is 24.1 Å². The van der Waals surface area contributed by atoms with E-state index >= 15 is 0 Å². The Kier molecular flexibility index (Phi) is 12.5. The molecule has 0 aliphatic rings. The normalized spacial score (nSPS) is 12.4. The number of para-hydroxylation sites is 2. The van der Waals surface area contributed by atoms with Gasteiger partial charge >= 0.3 is 11.9 Å². The molecule has 2 aromatic rings. The molecular weight excluding hydrogens is 420 g/mol. The third-order valence-corrected chi connectivity index (χ3v) is 4.88. The Morgan fingerprint density at radius 2 is 0.970 bits per heavy atom. The molecule has 0 radical (unpaired) electrons. The summed E-state index contributed by atoms with van der Waals surface area (Å²) < 4.78 is 21.9. The minimum atomic E-state index is -0.288. The van der Waals surface area contributed by atoms with Crippen molar-refractivity contribution >= 4 is 11.9 Å². The van der Waals surface area contributed by atoms with Crippen molar-refractivity contribution in [3.63, 3.8) is 0 Å². The van der Waals surface area contributed by atoms with Gasteiger partial charge in [0, 0.05) is 12.8 Å². The van der Waals surface area contributed by atoms with Crippen molar-refractivity contribution in [3.05, 3.63) is 60.7 Å². The van der Waals surface area contributed by atoms with Crippen molar-refractivity contribution in [1.82, 2.24) is 0 Å². The number of carbonyl (C=O) groups excluding carboxylic acids is 2. The second-order valence-corrected chi connectivity index (χ2v) is 8.12. The van der Waals surface area contributed by atoms with E-state index in [1.54, 1.807) is 0 Å². The maximum atomic E-state index is 11.9. The molecule has 0 aromatic heterocycles. The largest absolute Gasteiger partial charge is 0.490 e. The van der Waals surface area contributed by atoms with Gasteiger partial charge < -0.3 is 18.9 Å². The summed E-state index contributed by atoms with van der Waals surface area (Å²) in [6.45, 7) is 4.33. The lowest BCUT2D eigenvalue weighted by Gasteiger charge is -2.14. The fraction of sp³-hybridized carbons (Fsp3) is 0.481. The quantitative estimate of drug-likeness (QED) is 0.237. The standard InChI is InChI=1S/C27H36O6/c1-22(20-30-24-14-8-6-9-15-24)32-26(28)18-12-4-3-5-13-19-27(29)33-23(2)21-31-25-16-10-7-11-17-25/h6-11,14-17,22-23H,3-5,12-13,18-21H2,1-2H3. The van der Waals surface area contributed by atoms with Crippen molar-refractivity contribution < 1.29 is 28.5 Å². The Morgan fingerprint density at radius 3 is 1.36 bits per heavy atom. The maximum absolute atomic E-state index is 11.9. The number of ether oxygens (including phenoxy) is 4. The highest BCUT2D eigenvalue weighted by molar-refractivity contribution is 5.69. The average molecular weight is 457 g/mol. The van der Waals surface area contributed by atoms with Crippen LogP contribution in [0.3, 0.4) is 0 Å². The van der Waals surface area contributed by atoms with Gasteiger partial charge in [0.2, 0.25) is 0 Å². The first-order valence-corrected chi connectivity index (χ1v) is 11.8. The Hall–Kier alpha value is -3.02. The van der Waals surface area contributed by atoms with Crippen LogP contribution in [0.2, 0.25) is 0 Å². The van der Waals surface area contributed by atoms with Gasteiger partial charge in [0.1, 0.15) is 36.9 Å². The van der Waals surface area contributed by atoms with Crippen LogP contribution in [0.4, 0.5) is 0 Å². The van der Waals surface area contributed by atoms with Gasteiger partial charge in [-0.05, 0) is 51.0 Å². The Bertz CT molecular complexity index is 725. The summed E-state index contributed by atoms with van der Waals surface area (Å²) in [7, 11) is 0. The van der Waals surface area contributed by atoms with Gasteiger partial charge in [-0.3, -0.25) is 9.59 Å². The third-order valence-electron chi connectivity index (χ3n) is 4.88.